The number of benzene rings is 1. The summed E-state index contributed by atoms with van der Waals surface area (Å²) in [7, 11) is -3.82. The smallest absolute Gasteiger partial charge is 0.271 e. The van der Waals surface area contributed by atoms with Gasteiger partial charge in [0.25, 0.3) is 5.69 Å². The second-order valence-corrected chi connectivity index (χ2v) is 8.04. The van der Waals surface area contributed by atoms with Crippen LogP contribution in [0.15, 0.2) is 17.0 Å². The van der Waals surface area contributed by atoms with Crippen molar-refractivity contribution in [1.82, 2.24) is 4.31 Å². The van der Waals surface area contributed by atoms with Crippen molar-refractivity contribution in [3.05, 3.63) is 33.4 Å². The molecule has 1 aliphatic rings. The highest BCUT2D eigenvalue weighted by Crippen LogP contribution is 2.32. The summed E-state index contributed by atoms with van der Waals surface area (Å²) in [6, 6.07) is 2.28. The van der Waals surface area contributed by atoms with E-state index in [2.05, 4.69) is 0 Å². The number of piperidine rings is 1. The van der Waals surface area contributed by atoms with E-state index in [1.807, 2.05) is 6.92 Å². The maximum Gasteiger partial charge on any atom is 0.271 e. The van der Waals surface area contributed by atoms with Crippen molar-refractivity contribution >= 4 is 15.7 Å². The van der Waals surface area contributed by atoms with Gasteiger partial charge < -0.3 is 5.73 Å². The normalized spacial score (nSPS) is 23.0. The number of nitro benzene ring substituents is 1. The minimum absolute atomic E-state index is 0.0109. The Morgan fingerprint density at radius 3 is 2.61 bits per heavy atom. The Balaban J connectivity index is 2.57. The van der Waals surface area contributed by atoms with Gasteiger partial charge in [-0.05, 0) is 43.7 Å². The topological polar surface area (TPSA) is 107 Å². The SMILES string of the molecule is Cc1cc([N+](=O)[O-])cc(S(=O)(=O)N2CCCC(C)C2CN)c1C. The molecule has 0 amide bonds. The third-order valence-corrected chi connectivity index (χ3v) is 6.76. The number of hydrogen-bond donors (Lipinski definition) is 1. The van der Waals surface area contributed by atoms with Crippen molar-refractivity contribution in [3.8, 4) is 0 Å². The minimum atomic E-state index is -3.82. The van der Waals surface area contributed by atoms with Crippen molar-refractivity contribution in [2.75, 3.05) is 13.1 Å². The van der Waals surface area contributed by atoms with Gasteiger partial charge >= 0.3 is 0 Å². The van der Waals surface area contributed by atoms with Gasteiger partial charge in [0.2, 0.25) is 10.0 Å². The highest BCUT2D eigenvalue weighted by atomic mass is 32.2. The average molecular weight is 341 g/mol. The molecular formula is C15H23N3O4S. The molecule has 2 atom stereocenters. The highest BCUT2D eigenvalue weighted by molar-refractivity contribution is 7.89. The van der Waals surface area contributed by atoms with Gasteiger partial charge in [-0.3, -0.25) is 10.1 Å². The largest absolute Gasteiger partial charge is 0.329 e. The first-order valence-electron chi connectivity index (χ1n) is 7.67. The fraction of sp³-hybridized carbons (Fsp3) is 0.600. The molecule has 0 spiro atoms. The van der Waals surface area contributed by atoms with Gasteiger partial charge in [-0.25, -0.2) is 8.42 Å². The van der Waals surface area contributed by atoms with E-state index >= 15 is 0 Å². The molecule has 2 N–H and O–H groups in total. The van der Waals surface area contributed by atoms with Crippen LogP contribution in [0.25, 0.3) is 0 Å². The summed E-state index contributed by atoms with van der Waals surface area (Å²) in [4.78, 5) is 10.5. The molecule has 7 nitrogen and oxygen atoms in total. The molecule has 23 heavy (non-hydrogen) atoms. The van der Waals surface area contributed by atoms with Crippen LogP contribution in [0.5, 0.6) is 0 Å². The number of hydrogen-bond acceptors (Lipinski definition) is 5. The standard InChI is InChI=1S/C15H23N3O4S/c1-10-5-4-6-17(14(10)9-16)23(21,22)15-8-13(18(19)20)7-11(2)12(15)3/h7-8,10,14H,4-6,9,16H2,1-3H3. The molecular weight excluding hydrogens is 318 g/mol. The first kappa shape index (κ1) is 17.8. The molecule has 1 aromatic rings. The number of rotatable bonds is 4. The molecule has 1 fully saturated rings. The maximum atomic E-state index is 13.1. The van der Waals surface area contributed by atoms with Crippen LogP contribution in [0.4, 0.5) is 5.69 Å². The Hall–Kier alpha value is -1.51. The number of nitrogens with two attached hydrogens (primary N) is 1. The van der Waals surface area contributed by atoms with E-state index < -0.39 is 14.9 Å². The summed E-state index contributed by atoms with van der Waals surface area (Å²) in [5.74, 6) is 0.170. The molecule has 1 heterocycles. The lowest BCUT2D eigenvalue weighted by Gasteiger charge is -2.38. The Morgan fingerprint density at radius 2 is 2.04 bits per heavy atom. The van der Waals surface area contributed by atoms with Gasteiger partial charge in [0.15, 0.2) is 0 Å². The van der Waals surface area contributed by atoms with Crippen LogP contribution in [0.1, 0.15) is 30.9 Å². The minimum Gasteiger partial charge on any atom is -0.329 e. The summed E-state index contributed by atoms with van der Waals surface area (Å²) in [5, 5.41) is 11.1. The number of non-ortho nitro benzene ring substituents is 1. The van der Waals surface area contributed by atoms with Crippen LogP contribution < -0.4 is 5.73 Å². The van der Waals surface area contributed by atoms with Crippen molar-refractivity contribution in [1.29, 1.82) is 0 Å². The zero-order valence-corrected chi connectivity index (χ0v) is 14.5. The Labute approximate surface area is 136 Å². The van der Waals surface area contributed by atoms with Gasteiger partial charge in [-0.15, -0.1) is 0 Å². The zero-order valence-electron chi connectivity index (χ0n) is 13.7. The molecule has 1 saturated heterocycles. The Morgan fingerprint density at radius 1 is 1.39 bits per heavy atom. The van der Waals surface area contributed by atoms with E-state index in [4.69, 9.17) is 5.73 Å². The van der Waals surface area contributed by atoms with Gasteiger partial charge in [0, 0.05) is 31.3 Å². The second kappa shape index (κ2) is 6.54. The Kier molecular flexibility index (Phi) is 5.07. The number of sulfonamides is 1. The summed E-state index contributed by atoms with van der Waals surface area (Å²) >= 11 is 0. The van der Waals surface area contributed by atoms with Gasteiger partial charge in [0.05, 0.1) is 9.82 Å². The molecule has 0 aromatic heterocycles. The summed E-state index contributed by atoms with van der Waals surface area (Å²) in [6.07, 6.45) is 1.70. The molecule has 8 heteroatoms. The molecule has 0 bridgehead atoms. The van der Waals surface area contributed by atoms with Crippen LogP contribution in [0.2, 0.25) is 0 Å². The fourth-order valence-electron chi connectivity index (χ4n) is 3.17. The molecule has 1 aliphatic heterocycles. The number of nitrogens with zero attached hydrogens (tertiary/aromatic N) is 2. The predicted octanol–water partition coefficient (Wildman–Crippen LogP) is 1.96. The van der Waals surface area contributed by atoms with E-state index in [1.165, 1.54) is 10.4 Å². The van der Waals surface area contributed by atoms with Crippen molar-refractivity contribution in [2.24, 2.45) is 11.7 Å². The average Bonchev–Trinajstić information content (AvgIpc) is 2.49. The van der Waals surface area contributed by atoms with Gasteiger partial charge in [-0.1, -0.05) is 6.92 Å². The van der Waals surface area contributed by atoms with Crippen LogP contribution in [0, 0.1) is 29.9 Å². The quantitative estimate of drug-likeness (QED) is 0.665. The lowest BCUT2D eigenvalue weighted by Crippen LogP contribution is -2.51. The first-order valence-corrected chi connectivity index (χ1v) is 9.11. The molecule has 1 aromatic carbocycles. The highest BCUT2D eigenvalue weighted by Gasteiger charge is 2.37. The predicted molar refractivity (Wildman–Crippen MR) is 87.7 cm³/mol. The van der Waals surface area contributed by atoms with E-state index in [1.54, 1.807) is 13.8 Å². The van der Waals surface area contributed by atoms with Crippen molar-refractivity contribution < 1.29 is 13.3 Å². The van der Waals surface area contributed by atoms with E-state index in [0.717, 1.165) is 18.9 Å². The van der Waals surface area contributed by atoms with Crippen molar-refractivity contribution in [3.63, 3.8) is 0 Å². The summed E-state index contributed by atoms with van der Waals surface area (Å²) in [6.45, 7) is 5.99. The third-order valence-electron chi connectivity index (χ3n) is 4.71. The molecule has 2 rings (SSSR count). The van der Waals surface area contributed by atoms with Crippen LogP contribution in [-0.2, 0) is 10.0 Å². The first-order chi connectivity index (χ1) is 10.7. The fourth-order valence-corrected chi connectivity index (χ4v) is 5.26. The molecule has 0 radical (unpaired) electrons. The number of aryl methyl sites for hydroxylation is 1. The van der Waals surface area contributed by atoms with Crippen LogP contribution in [-0.4, -0.2) is 36.8 Å². The summed E-state index contributed by atoms with van der Waals surface area (Å²) in [5.41, 5.74) is 6.72. The monoisotopic (exact) mass is 341 g/mol. The van der Waals surface area contributed by atoms with E-state index in [-0.39, 0.29) is 29.1 Å². The van der Waals surface area contributed by atoms with Crippen molar-refractivity contribution in [2.45, 2.75) is 44.6 Å². The van der Waals surface area contributed by atoms with E-state index in [9.17, 15) is 18.5 Å². The van der Waals surface area contributed by atoms with Gasteiger partial charge in [0.1, 0.15) is 0 Å². The maximum absolute atomic E-state index is 13.1. The van der Waals surface area contributed by atoms with E-state index in [0.29, 0.717) is 17.7 Å². The lowest BCUT2D eigenvalue weighted by molar-refractivity contribution is -0.385. The molecule has 128 valence electrons. The van der Waals surface area contributed by atoms with Crippen LogP contribution in [0.3, 0.4) is 0 Å². The van der Waals surface area contributed by atoms with Crippen LogP contribution >= 0.6 is 0 Å². The summed E-state index contributed by atoms with van der Waals surface area (Å²) < 4.78 is 27.6. The van der Waals surface area contributed by atoms with Gasteiger partial charge in [-0.2, -0.15) is 4.31 Å². The second-order valence-electron chi connectivity index (χ2n) is 6.18. The number of nitro groups is 1. The molecule has 0 aliphatic carbocycles. The molecule has 0 saturated carbocycles. The molecule has 2 unspecified atom stereocenters. The zero-order chi connectivity index (χ0) is 17.4. The Bertz CT molecular complexity index is 718. The lowest BCUT2D eigenvalue weighted by atomic mass is 9.93. The third kappa shape index (κ3) is 3.24.